The van der Waals surface area contributed by atoms with Gasteiger partial charge in [0, 0.05) is 15.2 Å². The van der Waals surface area contributed by atoms with Gasteiger partial charge in [0.05, 0.1) is 23.6 Å². The van der Waals surface area contributed by atoms with Crippen LogP contribution in [0.25, 0.3) is 11.0 Å². The molecule has 184 valence electrons. The number of halogens is 2. The van der Waals surface area contributed by atoms with Crippen LogP contribution in [0.4, 0.5) is 5.69 Å². The highest BCUT2D eigenvalue weighted by atomic mass is 79.9. The molecule has 5 nitrogen and oxygen atoms in total. The van der Waals surface area contributed by atoms with Crippen molar-refractivity contribution in [2.45, 2.75) is 33.2 Å². The number of hydrogen-bond donors (Lipinski definition) is 0. The van der Waals surface area contributed by atoms with Crippen molar-refractivity contribution in [1.29, 1.82) is 0 Å². The van der Waals surface area contributed by atoms with E-state index in [0.29, 0.717) is 45.5 Å². The van der Waals surface area contributed by atoms with Gasteiger partial charge >= 0.3 is 0 Å². The Morgan fingerprint density at radius 3 is 2.64 bits per heavy atom. The number of carbonyl (C=O) groups is 1. The van der Waals surface area contributed by atoms with E-state index in [2.05, 4.69) is 29.8 Å². The lowest BCUT2D eigenvalue weighted by Gasteiger charge is -2.26. The topological polar surface area (TPSA) is 59.8 Å². The number of ether oxygens (including phenoxy) is 1. The van der Waals surface area contributed by atoms with Gasteiger partial charge in [-0.05, 0) is 72.9 Å². The zero-order valence-electron chi connectivity index (χ0n) is 20.2. The van der Waals surface area contributed by atoms with Crippen LogP contribution in [0, 0.1) is 12.8 Å². The average molecular weight is 567 g/mol. The van der Waals surface area contributed by atoms with Crippen molar-refractivity contribution in [2.75, 3.05) is 11.5 Å². The van der Waals surface area contributed by atoms with Gasteiger partial charge in [-0.1, -0.05) is 59.6 Å². The Morgan fingerprint density at radius 1 is 1.08 bits per heavy atom. The number of benzene rings is 3. The molecule has 1 atom stereocenters. The minimum atomic E-state index is -0.695. The summed E-state index contributed by atoms with van der Waals surface area (Å²) in [4.78, 5) is 29.2. The smallest absolute Gasteiger partial charge is 0.295 e. The summed E-state index contributed by atoms with van der Waals surface area (Å²) in [6.45, 7) is 6.78. The first-order chi connectivity index (χ1) is 17.2. The van der Waals surface area contributed by atoms with E-state index in [1.54, 1.807) is 29.2 Å². The second-order valence-electron chi connectivity index (χ2n) is 9.43. The third-order valence-electron chi connectivity index (χ3n) is 6.40. The maximum Gasteiger partial charge on any atom is 0.295 e. The fourth-order valence-corrected chi connectivity index (χ4v) is 4.98. The average Bonchev–Trinajstić information content (AvgIpc) is 3.14. The molecule has 0 N–H and O–H groups in total. The van der Waals surface area contributed by atoms with E-state index >= 15 is 0 Å². The predicted molar refractivity (Wildman–Crippen MR) is 146 cm³/mol. The Labute approximate surface area is 222 Å². The highest BCUT2D eigenvalue weighted by Crippen LogP contribution is 2.42. The van der Waals surface area contributed by atoms with Crippen LogP contribution in [0.5, 0.6) is 5.75 Å². The summed E-state index contributed by atoms with van der Waals surface area (Å²) >= 11 is 9.88. The first-order valence-electron chi connectivity index (χ1n) is 11.8. The molecule has 3 aromatic carbocycles. The van der Waals surface area contributed by atoms with E-state index < -0.39 is 6.04 Å². The van der Waals surface area contributed by atoms with E-state index in [4.69, 9.17) is 20.8 Å². The van der Waals surface area contributed by atoms with Gasteiger partial charge in [0.25, 0.3) is 5.91 Å². The Hall–Kier alpha value is -3.09. The normalized spacial score (nSPS) is 15.1. The first kappa shape index (κ1) is 24.6. The molecule has 7 heteroatoms. The highest BCUT2D eigenvalue weighted by molar-refractivity contribution is 9.10. The number of amides is 1. The van der Waals surface area contributed by atoms with Crippen LogP contribution in [-0.4, -0.2) is 12.5 Å². The van der Waals surface area contributed by atoms with Crippen molar-refractivity contribution in [3.8, 4) is 5.75 Å². The standard InChI is InChI=1S/C29H25BrClNO4/c1-16(2)11-12-35-21-6-4-5-18(13-21)26-25-27(33)22-14-19(30)8-10-24(22)36-28(25)29(34)32(26)20-9-7-17(3)23(31)15-20/h4-10,13-16,26H,11-12H2,1-3H3. The predicted octanol–water partition coefficient (Wildman–Crippen LogP) is 7.69. The summed E-state index contributed by atoms with van der Waals surface area (Å²) in [6.07, 6.45) is 0.924. The van der Waals surface area contributed by atoms with Crippen LogP contribution in [0.2, 0.25) is 5.02 Å². The zero-order chi connectivity index (χ0) is 25.6. The first-order valence-corrected chi connectivity index (χ1v) is 13.0. The van der Waals surface area contributed by atoms with Crippen molar-refractivity contribution in [1.82, 2.24) is 0 Å². The van der Waals surface area contributed by atoms with Crippen molar-refractivity contribution in [2.24, 2.45) is 5.92 Å². The summed E-state index contributed by atoms with van der Waals surface area (Å²) in [5, 5.41) is 0.947. The van der Waals surface area contributed by atoms with Gasteiger partial charge < -0.3 is 9.15 Å². The summed E-state index contributed by atoms with van der Waals surface area (Å²) < 4.78 is 12.8. The number of aryl methyl sites for hydroxylation is 1. The monoisotopic (exact) mass is 565 g/mol. The van der Waals surface area contributed by atoms with Gasteiger partial charge in [0.2, 0.25) is 5.76 Å². The molecule has 0 aliphatic carbocycles. The molecule has 5 rings (SSSR count). The van der Waals surface area contributed by atoms with Gasteiger partial charge in [0.15, 0.2) is 5.43 Å². The van der Waals surface area contributed by atoms with E-state index in [9.17, 15) is 9.59 Å². The quantitative estimate of drug-likeness (QED) is 0.240. The van der Waals surface area contributed by atoms with Crippen molar-refractivity contribution < 1.29 is 13.9 Å². The summed E-state index contributed by atoms with van der Waals surface area (Å²) in [6, 6.07) is 17.5. The largest absolute Gasteiger partial charge is 0.494 e. The van der Waals surface area contributed by atoms with Crippen molar-refractivity contribution in [3.05, 3.63) is 103 Å². The van der Waals surface area contributed by atoms with Crippen LogP contribution < -0.4 is 15.1 Å². The Bertz CT molecular complexity index is 1540. The van der Waals surface area contributed by atoms with Gasteiger partial charge in [-0.2, -0.15) is 0 Å². The molecule has 0 saturated heterocycles. The number of anilines is 1. The Morgan fingerprint density at radius 2 is 1.89 bits per heavy atom. The highest BCUT2D eigenvalue weighted by Gasteiger charge is 2.44. The van der Waals surface area contributed by atoms with Crippen LogP contribution in [-0.2, 0) is 0 Å². The maximum absolute atomic E-state index is 13.8. The molecule has 0 spiro atoms. The molecule has 4 aromatic rings. The van der Waals surface area contributed by atoms with E-state index in [0.717, 1.165) is 22.0 Å². The lowest BCUT2D eigenvalue weighted by Crippen LogP contribution is -2.29. The third-order valence-corrected chi connectivity index (χ3v) is 7.30. The fourth-order valence-electron chi connectivity index (χ4n) is 4.45. The lowest BCUT2D eigenvalue weighted by molar-refractivity contribution is 0.0971. The van der Waals surface area contributed by atoms with Gasteiger partial charge in [0.1, 0.15) is 11.3 Å². The molecule has 0 radical (unpaired) electrons. The van der Waals surface area contributed by atoms with Crippen molar-refractivity contribution >= 4 is 50.1 Å². The molecular formula is C29H25BrClNO4. The van der Waals surface area contributed by atoms with E-state index in [-0.39, 0.29) is 17.1 Å². The molecule has 1 aromatic heterocycles. The molecule has 0 fully saturated rings. The summed E-state index contributed by atoms with van der Waals surface area (Å²) in [5.41, 5.74) is 2.67. The minimum absolute atomic E-state index is 0.0441. The van der Waals surface area contributed by atoms with Crippen LogP contribution in [0.3, 0.4) is 0 Å². The van der Waals surface area contributed by atoms with Crippen LogP contribution in [0.1, 0.15) is 53.6 Å². The lowest BCUT2D eigenvalue weighted by atomic mass is 9.98. The zero-order valence-corrected chi connectivity index (χ0v) is 22.5. The maximum atomic E-state index is 13.8. The molecular weight excluding hydrogens is 542 g/mol. The molecule has 0 saturated carbocycles. The second-order valence-corrected chi connectivity index (χ2v) is 10.8. The minimum Gasteiger partial charge on any atom is -0.494 e. The van der Waals surface area contributed by atoms with Gasteiger partial charge in [-0.15, -0.1) is 0 Å². The number of rotatable bonds is 6. The summed E-state index contributed by atoms with van der Waals surface area (Å²) in [5.74, 6) is 0.862. The molecule has 1 unspecified atom stereocenters. The SMILES string of the molecule is Cc1ccc(N2C(=O)c3oc4ccc(Br)cc4c(=O)c3C2c2cccc(OCCC(C)C)c2)cc1Cl. The molecule has 36 heavy (non-hydrogen) atoms. The number of hydrogen-bond acceptors (Lipinski definition) is 4. The number of nitrogens with zero attached hydrogens (tertiary/aromatic N) is 1. The van der Waals surface area contributed by atoms with Crippen LogP contribution in [0.15, 0.2) is 74.3 Å². The summed E-state index contributed by atoms with van der Waals surface area (Å²) in [7, 11) is 0. The van der Waals surface area contributed by atoms with Crippen LogP contribution >= 0.6 is 27.5 Å². The molecule has 2 heterocycles. The van der Waals surface area contributed by atoms with Gasteiger partial charge in [-0.3, -0.25) is 14.5 Å². The fraction of sp³-hybridized carbons (Fsp3) is 0.241. The Balaban J connectivity index is 1.70. The molecule has 1 aliphatic heterocycles. The number of fused-ring (bicyclic) bond motifs is 2. The van der Waals surface area contributed by atoms with Gasteiger partial charge in [-0.25, -0.2) is 0 Å². The number of carbonyl (C=O) groups excluding carboxylic acids is 1. The van der Waals surface area contributed by atoms with Crippen molar-refractivity contribution in [3.63, 3.8) is 0 Å². The molecule has 0 bridgehead atoms. The second kappa shape index (κ2) is 9.75. The molecule has 1 amide bonds. The third kappa shape index (κ3) is 4.44. The molecule has 1 aliphatic rings. The van der Waals surface area contributed by atoms with E-state index in [1.807, 2.05) is 43.3 Å². The van der Waals surface area contributed by atoms with E-state index in [1.165, 1.54) is 0 Å². The Kier molecular flexibility index (Phi) is 6.66.